The number of hydrogen-bond acceptors (Lipinski definition) is 4. The van der Waals surface area contributed by atoms with E-state index in [0.29, 0.717) is 19.7 Å². The summed E-state index contributed by atoms with van der Waals surface area (Å²) in [5.41, 5.74) is 0. The molecular weight excluding hydrogens is 443 g/mol. The first-order valence-electron chi connectivity index (χ1n) is 8.58. The van der Waals surface area contributed by atoms with Gasteiger partial charge in [0.15, 0.2) is 5.96 Å². The fourth-order valence-corrected chi connectivity index (χ4v) is 3.76. The number of guanidine groups is 1. The van der Waals surface area contributed by atoms with Crippen molar-refractivity contribution in [3.05, 3.63) is 0 Å². The SMILES string of the molecule is CCS(=O)(=O)N1CCC(NC(=NC)NCCOCC2CC2)CC1.I. The van der Waals surface area contributed by atoms with E-state index in [1.54, 1.807) is 18.3 Å². The van der Waals surface area contributed by atoms with Crippen molar-refractivity contribution in [2.75, 3.05) is 45.6 Å². The molecule has 0 radical (unpaired) electrons. The highest BCUT2D eigenvalue weighted by Crippen LogP contribution is 2.28. The third kappa shape index (κ3) is 7.40. The van der Waals surface area contributed by atoms with Crippen LogP contribution < -0.4 is 10.6 Å². The van der Waals surface area contributed by atoms with Crippen LogP contribution in [0.4, 0.5) is 0 Å². The predicted molar refractivity (Wildman–Crippen MR) is 108 cm³/mol. The van der Waals surface area contributed by atoms with Crippen LogP contribution in [0.1, 0.15) is 32.6 Å². The molecule has 142 valence electrons. The van der Waals surface area contributed by atoms with Crippen LogP contribution in [-0.4, -0.2) is 70.4 Å². The van der Waals surface area contributed by atoms with Gasteiger partial charge < -0.3 is 15.4 Å². The summed E-state index contributed by atoms with van der Waals surface area (Å²) in [5, 5.41) is 6.62. The fraction of sp³-hybridized carbons (Fsp3) is 0.933. The van der Waals surface area contributed by atoms with Crippen LogP contribution in [0.3, 0.4) is 0 Å². The van der Waals surface area contributed by atoms with Crippen molar-refractivity contribution < 1.29 is 13.2 Å². The lowest BCUT2D eigenvalue weighted by atomic mass is 10.1. The minimum atomic E-state index is -3.06. The number of ether oxygens (including phenoxy) is 1. The van der Waals surface area contributed by atoms with Crippen molar-refractivity contribution in [1.82, 2.24) is 14.9 Å². The maximum atomic E-state index is 11.9. The largest absolute Gasteiger partial charge is 0.379 e. The Balaban J connectivity index is 0.00000288. The van der Waals surface area contributed by atoms with E-state index in [2.05, 4.69) is 15.6 Å². The number of sulfonamides is 1. The third-order valence-electron chi connectivity index (χ3n) is 4.37. The molecule has 9 heteroatoms. The second-order valence-corrected chi connectivity index (χ2v) is 8.49. The Morgan fingerprint density at radius 1 is 1.25 bits per heavy atom. The Morgan fingerprint density at radius 3 is 2.46 bits per heavy atom. The molecule has 0 aromatic rings. The Hall–Kier alpha value is -0.130. The molecule has 0 aromatic carbocycles. The van der Waals surface area contributed by atoms with Crippen LogP contribution in [-0.2, 0) is 14.8 Å². The van der Waals surface area contributed by atoms with E-state index in [0.717, 1.165) is 37.9 Å². The van der Waals surface area contributed by atoms with Crippen molar-refractivity contribution in [3.8, 4) is 0 Å². The van der Waals surface area contributed by atoms with Gasteiger partial charge in [0, 0.05) is 39.3 Å². The highest BCUT2D eigenvalue weighted by atomic mass is 127. The van der Waals surface area contributed by atoms with E-state index in [1.807, 2.05) is 0 Å². The number of hydrogen-bond donors (Lipinski definition) is 2. The first kappa shape index (κ1) is 21.9. The van der Waals surface area contributed by atoms with Gasteiger partial charge in [-0.25, -0.2) is 12.7 Å². The zero-order valence-electron chi connectivity index (χ0n) is 14.7. The lowest BCUT2D eigenvalue weighted by Gasteiger charge is -2.32. The monoisotopic (exact) mass is 474 g/mol. The molecule has 0 bridgehead atoms. The van der Waals surface area contributed by atoms with E-state index in [9.17, 15) is 8.42 Å². The van der Waals surface area contributed by atoms with Gasteiger partial charge in [-0.3, -0.25) is 4.99 Å². The molecule has 7 nitrogen and oxygen atoms in total. The van der Waals surface area contributed by atoms with E-state index in [1.165, 1.54) is 12.8 Å². The molecule has 2 N–H and O–H groups in total. The number of nitrogens with zero attached hydrogens (tertiary/aromatic N) is 2. The minimum Gasteiger partial charge on any atom is -0.379 e. The van der Waals surface area contributed by atoms with Crippen molar-refractivity contribution in [3.63, 3.8) is 0 Å². The molecule has 1 aliphatic carbocycles. The van der Waals surface area contributed by atoms with Gasteiger partial charge in [0.05, 0.1) is 12.4 Å². The van der Waals surface area contributed by atoms with Crippen LogP contribution in [0.25, 0.3) is 0 Å². The molecule has 2 rings (SSSR count). The Labute approximate surface area is 163 Å². The van der Waals surface area contributed by atoms with Gasteiger partial charge in [-0.05, 0) is 38.5 Å². The highest BCUT2D eigenvalue weighted by Gasteiger charge is 2.27. The zero-order chi connectivity index (χ0) is 16.7. The molecule has 1 aliphatic heterocycles. The molecular formula is C15H31IN4O3S. The summed E-state index contributed by atoms with van der Waals surface area (Å²) in [6, 6.07) is 0.261. The third-order valence-corrected chi connectivity index (χ3v) is 6.25. The lowest BCUT2D eigenvalue weighted by Crippen LogP contribution is -2.50. The molecule has 0 amide bonds. The summed E-state index contributed by atoms with van der Waals surface area (Å²) in [6.45, 7) is 5.14. The molecule has 1 saturated carbocycles. The van der Waals surface area contributed by atoms with Gasteiger partial charge in [-0.2, -0.15) is 0 Å². The van der Waals surface area contributed by atoms with Crippen LogP contribution in [0.15, 0.2) is 4.99 Å². The molecule has 0 atom stereocenters. The van der Waals surface area contributed by atoms with Crippen LogP contribution in [0, 0.1) is 5.92 Å². The second kappa shape index (κ2) is 10.8. The average Bonchev–Trinajstić information content (AvgIpc) is 3.38. The molecule has 0 unspecified atom stereocenters. The van der Waals surface area contributed by atoms with Crippen molar-refractivity contribution in [1.29, 1.82) is 0 Å². The molecule has 2 aliphatic rings. The zero-order valence-corrected chi connectivity index (χ0v) is 17.8. The van der Waals surface area contributed by atoms with E-state index in [4.69, 9.17) is 4.74 Å². The first-order chi connectivity index (χ1) is 11.0. The minimum absolute atomic E-state index is 0. The quantitative estimate of drug-likeness (QED) is 0.238. The Kier molecular flexibility index (Phi) is 9.83. The molecule has 0 spiro atoms. The summed E-state index contributed by atoms with van der Waals surface area (Å²) >= 11 is 0. The standard InChI is InChI=1S/C15H30N4O3S.HI/c1-3-23(20,21)19-9-6-14(7-10-19)18-15(16-2)17-8-11-22-12-13-4-5-13;/h13-14H,3-12H2,1-2H3,(H2,16,17,18);1H. The van der Waals surface area contributed by atoms with E-state index >= 15 is 0 Å². The second-order valence-electron chi connectivity index (χ2n) is 6.24. The van der Waals surface area contributed by atoms with Gasteiger partial charge >= 0.3 is 0 Å². The van der Waals surface area contributed by atoms with Crippen LogP contribution >= 0.6 is 24.0 Å². The number of halogens is 1. The van der Waals surface area contributed by atoms with Gasteiger partial charge in [-0.15, -0.1) is 24.0 Å². The maximum absolute atomic E-state index is 11.9. The number of nitrogens with one attached hydrogen (secondary N) is 2. The van der Waals surface area contributed by atoms with Gasteiger partial charge in [0.25, 0.3) is 0 Å². The molecule has 2 fully saturated rings. The van der Waals surface area contributed by atoms with E-state index < -0.39 is 10.0 Å². The molecule has 1 heterocycles. The Morgan fingerprint density at radius 2 is 1.92 bits per heavy atom. The molecule has 0 aromatic heterocycles. The van der Waals surface area contributed by atoms with Crippen LogP contribution in [0.5, 0.6) is 0 Å². The van der Waals surface area contributed by atoms with E-state index in [-0.39, 0.29) is 35.8 Å². The summed E-state index contributed by atoms with van der Waals surface area (Å²) < 4.78 is 30.9. The predicted octanol–water partition coefficient (Wildman–Crippen LogP) is 1.01. The fourth-order valence-electron chi connectivity index (χ4n) is 2.62. The van der Waals surface area contributed by atoms with Crippen molar-refractivity contribution >= 4 is 40.0 Å². The Bertz CT molecular complexity index is 489. The average molecular weight is 474 g/mol. The van der Waals surface area contributed by atoms with Crippen molar-refractivity contribution in [2.45, 2.75) is 38.6 Å². The lowest BCUT2D eigenvalue weighted by molar-refractivity contribution is 0.129. The van der Waals surface area contributed by atoms with Gasteiger partial charge in [0.2, 0.25) is 10.0 Å². The summed E-state index contributed by atoms with van der Waals surface area (Å²) in [7, 11) is -1.31. The van der Waals surface area contributed by atoms with Crippen LogP contribution in [0.2, 0.25) is 0 Å². The van der Waals surface area contributed by atoms with Gasteiger partial charge in [0.1, 0.15) is 0 Å². The number of aliphatic imine (C=N–C) groups is 1. The maximum Gasteiger partial charge on any atom is 0.213 e. The topological polar surface area (TPSA) is 83.0 Å². The summed E-state index contributed by atoms with van der Waals surface area (Å²) in [5.74, 6) is 1.73. The molecule has 1 saturated heterocycles. The normalized spacial score (nSPS) is 20.5. The van der Waals surface area contributed by atoms with Gasteiger partial charge in [-0.1, -0.05) is 0 Å². The van der Waals surface area contributed by atoms with Crippen molar-refractivity contribution in [2.24, 2.45) is 10.9 Å². The number of piperidine rings is 1. The number of rotatable bonds is 8. The summed E-state index contributed by atoms with van der Waals surface area (Å²) in [6.07, 6.45) is 4.22. The molecule has 24 heavy (non-hydrogen) atoms. The smallest absolute Gasteiger partial charge is 0.213 e. The highest BCUT2D eigenvalue weighted by molar-refractivity contribution is 14.0. The first-order valence-corrected chi connectivity index (χ1v) is 10.2. The summed E-state index contributed by atoms with van der Waals surface area (Å²) in [4.78, 5) is 4.22.